The first kappa shape index (κ1) is 15.6. The first-order valence-electron chi connectivity index (χ1n) is 7.16. The van der Waals surface area contributed by atoms with Gasteiger partial charge in [0.1, 0.15) is 5.84 Å². The number of rotatable bonds is 3. The third-order valence-electron chi connectivity index (χ3n) is 3.84. The molecule has 0 aromatic heterocycles. The highest BCUT2D eigenvalue weighted by Gasteiger charge is 2.48. The van der Waals surface area contributed by atoms with Crippen LogP contribution in [-0.4, -0.2) is 45.6 Å². The van der Waals surface area contributed by atoms with Crippen LogP contribution in [0.5, 0.6) is 0 Å². The molecule has 1 amide bonds. The van der Waals surface area contributed by atoms with Crippen LogP contribution in [0.1, 0.15) is 19.4 Å². The van der Waals surface area contributed by atoms with Gasteiger partial charge in [0.05, 0.1) is 18.6 Å². The molecule has 8 heteroatoms. The minimum absolute atomic E-state index is 0.146. The highest BCUT2D eigenvalue weighted by Crippen LogP contribution is 2.28. The maximum absolute atomic E-state index is 12.3. The number of halogens is 1. The third-order valence-corrected chi connectivity index (χ3v) is 4.09. The maximum Gasteiger partial charge on any atom is 0.265 e. The number of amidine groups is 1. The molecule has 2 heterocycles. The highest BCUT2D eigenvalue weighted by molar-refractivity contribution is 6.30. The second kappa shape index (κ2) is 5.42. The number of hydrogen-bond acceptors (Lipinski definition) is 5. The van der Waals surface area contributed by atoms with Gasteiger partial charge in [0.15, 0.2) is 0 Å². The number of hydrogen-bond donors (Lipinski definition) is 1. The summed E-state index contributed by atoms with van der Waals surface area (Å²) in [5.74, 6) is -0.228. The first-order chi connectivity index (χ1) is 10.8. The number of fused-ring (bicyclic) bond motifs is 1. The number of carbonyl (C=O) groups is 1. The standard InChI is InChI=1S/C15H16ClN5O2/c1-15(2)8-21-13(22)11(19-23)12(17)20(14(21)18-15)7-9-3-5-10(16)6-4-9/h3-6,11,17H,7-8H2,1-2H3. The van der Waals surface area contributed by atoms with Gasteiger partial charge >= 0.3 is 0 Å². The van der Waals surface area contributed by atoms with Crippen molar-refractivity contribution in [3.63, 3.8) is 0 Å². The van der Waals surface area contributed by atoms with Gasteiger partial charge in [-0.1, -0.05) is 23.7 Å². The molecule has 1 aromatic rings. The minimum Gasteiger partial charge on any atom is -0.294 e. The lowest BCUT2D eigenvalue weighted by molar-refractivity contribution is -0.128. The van der Waals surface area contributed by atoms with E-state index in [0.717, 1.165) is 5.56 Å². The molecular formula is C15H16ClN5O2. The molecule has 3 rings (SSSR count). The lowest BCUT2D eigenvalue weighted by Gasteiger charge is -2.36. The zero-order valence-corrected chi connectivity index (χ0v) is 13.5. The topological polar surface area (TPSA) is 89.2 Å². The van der Waals surface area contributed by atoms with E-state index >= 15 is 0 Å². The van der Waals surface area contributed by atoms with E-state index in [2.05, 4.69) is 10.2 Å². The molecule has 1 aromatic carbocycles. The van der Waals surface area contributed by atoms with Crippen molar-refractivity contribution in [3.8, 4) is 0 Å². The molecule has 1 fully saturated rings. The lowest BCUT2D eigenvalue weighted by Crippen LogP contribution is -2.60. The lowest BCUT2D eigenvalue weighted by atomic mass is 10.1. The van der Waals surface area contributed by atoms with Crippen molar-refractivity contribution in [2.45, 2.75) is 32.0 Å². The van der Waals surface area contributed by atoms with Gasteiger partial charge in [-0.15, -0.1) is 4.91 Å². The smallest absolute Gasteiger partial charge is 0.265 e. The van der Waals surface area contributed by atoms with E-state index in [9.17, 15) is 9.70 Å². The van der Waals surface area contributed by atoms with Crippen LogP contribution in [0.3, 0.4) is 0 Å². The number of carbonyl (C=O) groups excluding carboxylic acids is 1. The molecule has 0 spiro atoms. The fourth-order valence-corrected chi connectivity index (χ4v) is 2.88. The number of benzene rings is 1. The van der Waals surface area contributed by atoms with Crippen LogP contribution in [0, 0.1) is 10.3 Å². The molecule has 2 aliphatic rings. The van der Waals surface area contributed by atoms with Crippen LogP contribution < -0.4 is 0 Å². The molecule has 1 atom stereocenters. The van der Waals surface area contributed by atoms with Crippen molar-refractivity contribution in [1.29, 1.82) is 5.41 Å². The molecule has 0 bridgehead atoms. The second-order valence-corrected chi connectivity index (χ2v) is 6.69. The zero-order valence-electron chi connectivity index (χ0n) is 12.8. The average Bonchev–Trinajstić information content (AvgIpc) is 2.82. The van der Waals surface area contributed by atoms with Gasteiger partial charge in [0.25, 0.3) is 5.91 Å². The molecule has 2 aliphatic heterocycles. The third kappa shape index (κ3) is 2.72. The van der Waals surface area contributed by atoms with Gasteiger partial charge < -0.3 is 0 Å². The SMILES string of the molecule is CC1(C)CN2C(=O)C(N=O)C(=N)N(Cc3ccc(Cl)cc3)C2=N1. The number of guanidine groups is 1. The highest BCUT2D eigenvalue weighted by atomic mass is 35.5. The Hall–Kier alpha value is -2.28. The number of aliphatic imine (C=N–C) groups is 1. The molecule has 1 N–H and O–H groups in total. The van der Waals surface area contributed by atoms with Crippen molar-refractivity contribution in [2.75, 3.05) is 6.54 Å². The normalized spacial score (nSPS) is 22.9. The van der Waals surface area contributed by atoms with E-state index in [0.29, 0.717) is 24.1 Å². The van der Waals surface area contributed by atoms with E-state index in [-0.39, 0.29) is 5.84 Å². The molecule has 7 nitrogen and oxygen atoms in total. The summed E-state index contributed by atoms with van der Waals surface area (Å²) < 4.78 is 0. The summed E-state index contributed by atoms with van der Waals surface area (Å²) in [6.45, 7) is 4.50. The Morgan fingerprint density at radius 2 is 2.04 bits per heavy atom. The van der Waals surface area contributed by atoms with E-state index < -0.39 is 17.5 Å². The second-order valence-electron chi connectivity index (χ2n) is 6.25. The minimum atomic E-state index is -1.32. The van der Waals surface area contributed by atoms with Gasteiger partial charge in [-0.05, 0) is 36.7 Å². The van der Waals surface area contributed by atoms with E-state index in [1.54, 1.807) is 17.0 Å². The largest absolute Gasteiger partial charge is 0.294 e. The molecule has 120 valence electrons. The van der Waals surface area contributed by atoms with Gasteiger partial charge in [-0.2, -0.15) is 0 Å². The molecule has 0 saturated carbocycles. The average molecular weight is 334 g/mol. The predicted molar refractivity (Wildman–Crippen MR) is 87.5 cm³/mol. The molecule has 23 heavy (non-hydrogen) atoms. The molecule has 0 aliphatic carbocycles. The number of amides is 1. The monoisotopic (exact) mass is 333 g/mol. The van der Waals surface area contributed by atoms with E-state index in [1.807, 2.05) is 26.0 Å². The number of nitroso groups, excluding NO2 is 1. The van der Waals surface area contributed by atoms with E-state index in [1.165, 1.54) is 4.90 Å². The summed E-state index contributed by atoms with van der Waals surface area (Å²) in [4.78, 5) is 30.9. The van der Waals surface area contributed by atoms with Gasteiger partial charge in [0.2, 0.25) is 12.0 Å². The number of nitrogens with one attached hydrogen (secondary N) is 1. The van der Waals surface area contributed by atoms with Crippen molar-refractivity contribution >= 4 is 29.3 Å². The van der Waals surface area contributed by atoms with Crippen molar-refractivity contribution in [2.24, 2.45) is 10.2 Å². The van der Waals surface area contributed by atoms with Gasteiger partial charge in [0, 0.05) is 5.02 Å². The van der Waals surface area contributed by atoms with Crippen molar-refractivity contribution < 1.29 is 4.79 Å². The maximum atomic E-state index is 12.3. The Morgan fingerprint density at radius 1 is 1.39 bits per heavy atom. The van der Waals surface area contributed by atoms with Crippen LogP contribution in [0.2, 0.25) is 5.02 Å². The quantitative estimate of drug-likeness (QED) is 0.860. The Bertz CT molecular complexity index is 713. The summed E-state index contributed by atoms with van der Waals surface area (Å²) in [5, 5.41) is 11.6. The first-order valence-corrected chi connectivity index (χ1v) is 7.54. The summed E-state index contributed by atoms with van der Waals surface area (Å²) in [6.07, 6.45) is 0. The van der Waals surface area contributed by atoms with Gasteiger partial charge in [-0.25, -0.2) is 4.99 Å². The molecular weight excluding hydrogens is 318 g/mol. The molecule has 1 saturated heterocycles. The van der Waals surface area contributed by atoms with Crippen molar-refractivity contribution in [1.82, 2.24) is 9.80 Å². The summed E-state index contributed by atoms with van der Waals surface area (Å²) in [6, 6.07) is 5.85. The van der Waals surface area contributed by atoms with Crippen LogP contribution in [0.25, 0.3) is 0 Å². The van der Waals surface area contributed by atoms with Crippen LogP contribution >= 0.6 is 11.6 Å². The molecule has 0 radical (unpaired) electrons. The fourth-order valence-electron chi connectivity index (χ4n) is 2.75. The Balaban J connectivity index is 1.98. The predicted octanol–water partition coefficient (Wildman–Crippen LogP) is 2.24. The Kier molecular flexibility index (Phi) is 3.68. The summed E-state index contributed by atoms with van der Waals surface area (Å²) in [5.41, 5.74) is 0.437. The summed E-state index contributed by atoms with van der Waals surface area (Å²) in [7, 11) is 0. The van der Waals surface area contributed by atoms with Crippen LogP contribution in [0.15, 0.2) is 34.4 Å². The van der Waals surface area contributed by atoms with Gasteiger partial charge in [-0.3, -0.25) is 20.0 Å². The summed E-state index contributed by atoms with van der Waals surface area (Å²) >= 11 is 5.89. The zero-order chi connectivity index (χ0) is 16.8. The Morgan fingerprint density at radius 3 is 2.65 bits per heavy atom. The Labute approximate surface area is 138 Å². The number of nitrogens with zero attached hydrogens (tertiary/aromatic N) is 4. The van der Waals surface area contributed by atoms with Crippen molar-refractivity contribution in [3.05, 3.63) is 39.8 Å². The fraction of sp³-hybridized carbons (Fsp3) is 0.400. The van der Waals surface area contributed by atoms with Crippen LogP contribution in [0.4, 0.5) is 0 Å². The van der Waals surface area contributed by atoms with E-state index in [4.69, 9.17) is 17.0 Å². The molecule has 1 unspecified atom stereocenters. The van der Waals surface area contributed by atoms with Crippen LogP contribution in [-0.2, 0) is 11.3 Å².